The lowest BCUT2D eigenvalue weighted by Gasteiger charge is -2.25. The Morgan fingerprint density at radius 2 is 2.00 bits per heavy atom. The van der Waals surface area contributed by atoms with E-state index < -0.39 is 5.97 Å². The van der Waals surface area contributed by atoms with Crippen LogP contribution in [-0.2, 0) is 9.59 Å². The highest BCUT2D eigenvalue weighted by Crippen LogP contribution is 2.03. The molecule has 0 rings (SSSR count). The summed E-state index contributed by atoms with van der Waals surface area (Å²) in [6, 6.07) is 0.0995. The van der Waals surface area contributed by atoms with E-state index in [9.17, 15) is 9.59 Å². The minimum absolute atomic E-state index is 0.0575. The Hall–Kier alpha value is -1.32. The summed E-state index contributed by atoms with van der Waals surface area (Å²) in [5.74, 6) is -0.880. The lowest BCUT2D eigenvalue weighted by molar-refractivity contribution is -0.138. The molecule has 4 heteroatoms. The first kappa shape index (κ1) is 13.7. The molecule has 0 aliphatic heterocycles. The number of rotatable bonds is 6. The van der Waals surface area contributed by atoms with Crippen LogP contribution in [0.3, 0.4) is 0 Å². The van der Waals surface area contributed by atoms with E-state index in [1.807, 2.05) is 13.8 Å². The predicted octanol–water partition coefficient (Wildman–Crippen LogP) is 1.66. The molecule has 0 fully saturated rings. The topological polar surface area (TPSA) is 57.6 Å². The van der Waals surface area contributed by atoms with Crippen molar-refractivity contribution in [3.05, 3.63) is 12.2 Å². The number of aliphatic carboxylic acids is 1. The maximum atomic E-state index is 11.6. The number of carbonyl (C=O) groups excluding carboxylic acids is 1. The van der Waals surface area contributed by atoms with Crippen molar-refractivity contribution in [2.75, 3.05) is 6.54 Å². The molecule has 4 nitrogen and oxygen atoms in total. The molecule has 0 saturated carbocycles. The normalized spacial score (nSPS) is 10.9. The van der Waals surface area contributed by atoms with Crippen LogP contribution in [0.15, 0.2) is 12.2 Å². The van der Waals surface area contributed by atoms with Crippen molar-refractivity contribution in [2.45, 2.75) is 39.7 Å². The van der Waals surface area contributed by atoms with Crippen molar-refractivity contribution in [1.29, 1.82) is 0 Å². The van der Waals surface area contributed by atoms with Gasteiger partial charge in [0.05, 0.1) is 0 Å². The van der Waals surface area contributed by atoms with Gasteiger partial charge >= 0.3 is 5.97 Å². The molecule has 0 aliphatic rings. The highest BCUT2D eigenvalue weighted by atomic mass is 16.4. The Balaban J connectivity index is 4.16. The van der Waals surface area contributed by atoms with Crippen LogP contribution in [0, 0.1) is 0 Å². The monoisotopic (exact) mass is 213 g/mol. The molecule has 0 saturated heterocycles. The van der Waals surface area contributed by atoms with Crippen LogP contribution >= 0.6 is 0 Å². The molecule has 0 aromatic rings. The van der Waals surface area contributed by atoms with Crippen LogP contribution in [0.25, 0.3) is 0 Å². The molecule has 86 valence electrons. The molecule has 15 heavy (non-hydrogen) atoms. The average Bonchev–Trinajstić information content (AvgIpc) is 2.11. The molecule has 0 radical (unpaired) electrons. The van der Waals surface area contributed by atoms with Crippen molar-refractivity contribution in [3.63, 3.8) is 0 Å². The first-order chi connectivity index (χ1) is 6.99. The van der Waals surface area contributed by atoms with E-state index in [4.69, 9.17) is 5.11 Å². The van der Waals surface area contributed by atoms with Gasteiger partial charge in [0.1, 0.15) is 0 Å². The zero-order chi connectivity index (χ0) is 11.8. The number of carbonyl (C=O) groups is 2. The molecule has 0 atom stereocenters. The van der Waals surface area contributed by atoms with Gasteiger partial charge in [-0.2, -0.15) is 0 Å². The highest BCUT2D eigenvalue weighted by molar-refractivity contribution is 5.87. The summed E-state index contributed by atoms with van der Waals surface area (Å²) in [6.45, 7) is 6.12. The number of amides is 1. The van der Waals surface area contributed by atoms with Gasteiger partial charge < -0.3 is 10.0 Å². The fourth-order valence-electron chi connectivity index (χ4n) is 1.26. The second-order valence-corrected chi connectivity index (χ2v) is 3.62. The zero-order valence-electron chi connectivity index (χ0n) is 9.56. The number of hydrogen-bond acceptors (Lipinski definition) is 2. The standard InChI is InChI=1S/C11H19NO3/c1-4-6-10(13)12(9(2)3)8-5-7-11(14)15/h4,6,9H,5,7-8H2,1-3H3,(H,14,15). The Kier molecular flexibility index (Phi) is 6.42. The third-order valence-corrected chi connectivity index (χ3v) is 2.01. The van der Waals surface area contributed by atoms with Crippen LogP contribution in [0.5, 0.6) is 0 Å². The van der Waals surface area contributed by atoms with E-state index in [2.05, 4.69) is 0 Å². The third kappa shape index (κ3) is 5.88. The van der Waals surface area contributed by atoms with Crippen molar-refractivity contribution < 1.29 is 14.7 Å². The van der Waals surface area contributed by atoms with Gasteiger partial charge in [0, 0.05) is 19.0 Å². The van der Waals surface area contributed by atoms with Crippen molar-refractivity contribution >= 4 is 11.9 Å². The maximum Gasteiger partial charge on any atom is 0.303 e. The first-order valence-corrected chi connectivity index (χ1v) is 5.14. The molecular weight excluding hydrogens is 194 g/mol. The van der Waals surface area contributed by atoms with Crippen LogP contribution in [0.1, 0.15) is 33.6 Å². The minimum atomic E-state index is -0.822. The number of carboxylic acid groups (broad SMARTS) is 1. The Labute approximate surface area is 90.6 Å². The number of nitrogens with zero attached hydrogens (tertiary/aromatic N) is 1. The Morgan fingerprint density at radius 1 is 1.40 bits per heavy atom. The second kappa shape index (κ2) is 7.04. The molecule has 0 spiro atoms. The van der Waals surface area contributed by atoms with Gasteiger partial charge in [-0.1, -0.05) is 6.08 Å². The summed E-state index contributed by atoms with van der Waals surface area (Å²) in [7, 11) is 0. The number of hydrogen-bond donors (Lipinski definition) is 1. The Bertz CT molecular complexity index is 246. The van der Waals surface area contributed by atoms with Gasteiger partial charge in [0.25, 0.3) is 0 Å². The molecule has 0 aromatic heterocycles. The molecule has 0 aliphatic carbocycles. The van der Waals surface area contributed by atoms with E-state index in [-0.39, 0.29) is 18.4 Å². The zero-order valence-corrected chi connectivity index (χ0v) is 9.56. The first-order valence-electron chi connectivity index (χ1n) is 5.14. The molecular formula is C11H19NO3. The summed E-state index contributed by atoms with van der Waals surface area (Å²) in [5, 5.41) is 8.49. The summed E-state index contributed by atoms with van der Waals surface area (Å²) < 4.78 is 0. The summed E-state index contributed by atoms with van der Waals surface area (Å²) >= 11 is 0. The molecule has 0 heterocycles. The van der Waals surface area contributed by atoms with Crippen molar-refractivity contribution in [1.82, 2.24) is 4.90 Å². The summed E-state index contributed by atoms with van der Waals surface area (Å²) in [6.07, 6.45) is 3.79. The van der Waals surface area contributed by atoms with Gasteiger partial charge in [-0.3, -0.25) is 9.59 Å². The predicted molar refractivity (Wildman–Crippen MR) is 58.5 cm³/mol. The van der Waals surface area contributed by atoms with Gasteiger partial charge in [-0.05, 0) is 33.3 Å². The summed E-state index contributed by atoms with van der Waals surface area (Å²) in [4.78, 5) is 23.6. The SMILES string of the molecule is CC=CC(=O)N(CCCC(=O)O)C(C)C. The van der Waals surface area contributed by atoms with Gasteiger partial charge in [0.2, 0.25) is 5.91 Å². The highest BCUT2D eigenvalue weighted by Gasteiger charge is 2.13. The quantitative estimate of drug-likeness (QED) is 0.683. The molecule has 0 bridgehead atoms. The molecule has 1 amide bonds. The van der Waals surface area contributed by atoms with Gasteiger partial charge in [-0.25, -0.2) is 0 Å². The maximum absolute atomic E-state index is 11.6. The molecule has 1 N–H and O–H groups in total. The van der Waals surface area contributed by atoms with Crippen LogP contribution < -0.4 is 0 Å². The molecule has 0 aromatic carbocycles. The van der Waals surface area contributed by atoms with Crippen molar-refractivity contribution in [3.8, 4) is 0 Å². The third-order valence-electron chi connectivity index (χ3n) is 2.01. The van der Waals surface area contributed by atoms with Gasteiger partial charge in [0.15, 0.2) is 0 Å². The molecule has 0 unspecified atom stereocenters. The fourth-order valence-corrected chi connectivity index (χ4v) is 1.26. The van der Waals surface area contributed by atoms with Crippen LogP contribution in [0.2, 0.25) is 0 Å². The van der Waals surface area contributed by atoms with E-state index in [1.165, 1.54) is 6.08 Å². The smallest absolute Gasteiger partial charge is 0.303 e. The second-order valence-electron chi connectivity index (χ2n) is 3.62. The van der Waals surface area contributed by atoms with E-state index >= 15 is 0 Å². The lowest BCUT2D eigenvalue weighted by Crippen LogP contribution is -2.36. The van der Waals surface area contributed by atoms with E-state index in [0.717, 1.165) is 0 Å². The van der Waals surface area contributed by atoms with Crippen molar-refractivity contribution in [2.24, 2.45) is 0 Å². The number of allylic oxidation sites excluding steroid dienone is 1. The summed E-state index contributed by atoms with van der Waals surface area (Å²) in [5.41, 5.74) is 0. The lowest BCUT2D eigenvalue weighted by atomic mass is 10.2. The van der Waals surface area contributed by atoms with Gasteiger partial charge in [-0.15, -0.1) is 0 Å². The fraction of sp³-hybridized carbons (Fsp3) is 0.636. The Morgan fingerprint density at radius 3 is 2.40 bits per heavy atom. The van der Waals surface area contributed by atoms with E-state index in [0.29, 0.717) is 13.0 Å². The number of carboxylic acids is 1. The minimum Gasteiger partial charge on any atom is -0.481 e. The average molecular weight is 213 g/mol. The van der Waals surface area contributed by atoms with E-state index in [1.54, 1.807) is 17.9 Å². The van der Waals surface area contributed by atoms with Crippen LogP contribution in [-0.4, -0.2) is 34.5 Å². The van der Waals surface area contributed by atoms with Crippen LogP contribution in [0.4, 0.5) is 0 Å². The largest absolute Gasteiger partial charge is 0.481 e.